The molecule has 0 bridgehead atoms. The Kier molecular flexibility index (Phi) is 2.80. The van der Waals surface area contributed by atoms with Crippen LogP contribution in [0.25, 0.3) is 0 Å². The van der Waals surface area contributed by atoms with E-state index >= 15 is 0 Å². The molecule has 1 aromatic rings. The molecule has 0 radical (unpaired) electrons. The summed E-state index contributed by atoms with van der Waals surface area (Å²) in [5.41, 5.74) is 4.75. The Morgan fingerprint density at radius 1 is 1.24 bits per heavy atom. The fraction of sp³-hybridized carbons (Fsp3) is 0.571. The van der Waals surface area contributed by atoms with E-state index < -0.39 is 0 Å². The second-order valence-corrected chi connectivity index (χ2v) is 5.33. The molecule has 3 heteroatoms. The van der Waals surface area contributed by atoms with Crippen LogP contribution >= 0.6 is 12.4 Å². The third-order valence-corrected chi connectivity index (χ3v) is 4.56. The summed E-state index contributed by atoms with van der Waals surface area (Å²) in [6.07, 6.45) is 4.23. The van der Waals surface area contributed by atoms with Crippen LogP contribution in [0.15, 0.2) is 18.2 Å². The maximum absolute atomic E-state index is 3.53. The van der Waals surface area contributed by atoms with E-state index in [0.29, 0.717) is 0 Å². The molecular formula is C14H19ClN2. The third kappa shape index (κ3) is 1.50. The molecule has 0 saturated heterocycles. The monoisotopic (exact) mass is 250 g/mol. The topological polar surface area (TPSA) is 15.3 Å². The molecule has 2 nitrogen and oxygen atoms in total. The van der Waals surface area contributed by atoms with Gasteiger partial charge in [0, 0.05) is 37.3 Å². The van der Waals surface area contributed by atoms with Crippen molar-refractivity contribution in [2.24, 2.45) is 0 Å². The minimum absolute atomic E-state index is 0. The number of rotatable bonds is 0. The summed E-state index contributed by atoms with van der Waals surface area (Å²) >= 11 is 0. The molecule has 1 aromatic carbocycles. The van der Waals surface area contributed by atoms with Crippen molar-refractivity contribution in [2.75, 3.05) is 18.0 Å². The highest BCUT2D eigenvalue weighted by molar-refractivity contribution is 5.85. The van der Waals surface area contributed by atoms with Gasteiger partial charge in [0.25, 0.3) is 0 Å². The van der Waals surface area contributed by atoms with Crippen molar-refractivity contribution in [1.82, 2.24) is 5.32 Å². The molecule has 0 spiro atoms. The molecule has 2 atom stereocenters. The van der Waals surface area contributed by atoms with Crippen molar-refractivity contribution in [1.29, 1.82) is 0 Å². The standard InChI is InChI=1S/C14H18N2.ClH/c1-3-10-9-15-7-8-16-13-6-2-4-11(13)12(5-1)14(10)16;/h1,3,5,11,13,15H,2,4,6-9H2;1H/t11-,13-;/m1./s1. The molecule has 4 rings (SSSR count). The van der Waals surface area contributed by atoms with Gasteiger partial charge in [-0.2, -0.15) is 0 Å². The summed E-state index contributed by atoms with van der Waals surface area (Å²) in [4.78, 5) is 2.70. The van der Waals surface area contributed by atoms with Crippen LogP contribution in [0.3, 0.4) is 0 Å². The lowest BCUT2D eigenvalue weighted by molar-refractivity contribution is 0.578. The Morgan fingerprint density at radius 3 is 3.12 bits per heavy atom. The normalized spacial score (nSPS) is 29.3. The lowest BCUT2D eigenvalue weighted by Gasteiger charge is -2.26. The smallest absolute Gasteiger partial charge is 0.0451 e. The van der Waals surface area contributed by atoms with E-state index in [1.54, 1.807) is 11.3 Å². The highest BCUT2D eigenvalue weighted by Crippen LogP contribution is 2.50. The summed E-state index contributed by atoms with van der Waals surface area (Å²) in [7, 11) is 0. The molecule has 1 aliphatic carbocycles. The summed E-state index contributed by atoms with van der Waals surface area (Å²) in [6, 6.07) is 7.73. The Labute approximate surface area is 109 Å². The third-order valence-electron chi connectivity index (χ3n) is 4.56. The molecule has 0 amide bonds. The molecule has 1 saturated carbocycles. The molecule has 3 aliphatic rings. The fourth-order valence-corrected chi connectivity index (χ4v) is 3.95. The highest BCUT2D eigenvalue weighted by Gasteiger charge is 2.42. The number of benzene rings is 1. The Hall–Kier alpha value is -0.730. The van der Waals surface area contributed by atoms with Crippen LogP contribution in [0.4, 0.5) is 5.69 Å². The summed E-state index contributed by atoms with van der Waals surface area (Å²) < 4.78 is 0. The van der Waals surface area contributed by atoms with Crippen LogP contribution in [0, 0.1) is 0 Å². The molecule has 1 fully saturated rings. The molecule has 17 heavy (non-hydrogen) atoms. The van der Waals surface area contributed by atoms with Crippen molar-refractivity contribution in [3.05, 3.63) is 29.3 Å². The van der Waals surface area contributed by atoms with Gasteiger partial charge in [0.05, 0.1) is 0 Å². The molecule has 92 valence electrons. The number of nitrogens with one attached hydrogen (secondary N) is 1. The van der Waals surface area contributed by atoms with Crippen molar-refractivity contribution in [3.8, 4) is 0 Å². The van der Waals surface area contributed by atoms with Gasteiger partial charge in [-0.1, -0.05) is 24.6 Å². The second-order valence-electron chi connectivity index (χ2n) is 5.33. The Bertz CT molecular complexity index is 432. The summed E-state index contributed by atoms with van der Waals surface area (Å²) in [6.45, 7) is 3.39. The first-order valence-corrected chi connectivity index (χ1v) is 6.54. The van der Waals surface area contributed by atoms with E-state index in [1.165, 1.54) is 31.4 Å². The van der Waals surface area contributed by atoms with Gasteiger partial charge in [-0.05, 0) is 24.0 Å². The molecule has 0 unspecified atom stereocenters. The first kappa shape index (κ1) is 11.4. The van der Waals surface area contributed by atoms with Gasteiger partial charge in [-0.25, -0.2) is 0 Å². The van der Waals surface area contributed by atoms with Crippen molar-refractivity contribution < 1.29 is 0 Å². The van der Waals surface area contributed by atoms with E-state index in [4.69, 9.17) is 0 Å². The van der Waals surface area contributed by atoms with Gasteiger partial charge < -0.3 is 10.2 Å². The predicted octanol–water partition coefficient (Wildman–Crippen LogP) is 2.67. The van der Waals surface area contributed by atoms with Gasteiger partial charge in [-0.3, -0.25) is 0 Å². The molecule has 2 heterocycles. The molecule has 1 N–H and O–H groups in total. The average Bonchev–Trinajstić information content (AvgIpc) is 2.80. The number of fused-ring (bicyclic) bond motifs is 3. The zero-order valence-corrected chi connectivity index (χ0v) is 10.8. The Balaban J connectivity index is 0.000000902. The minimum Gasteiger partial charge on any atom is -0.366 e. The summed E-state index contributed by atoms with van der Waals surface area (Å²) in [5.74, 6) is 0.841. The summed E-state index contributed by atoms with van der Waals surface area (Å²) in [5, 5.41) is 3.53. The molecule has 2 aliphatic heterocycles. The zero-order chi connectivity index (χ0) is 10.5. The van der Waals surface area contributed by atoms with E-state index in [0.717, 1.165) is 25.0 Å². The number of anilines is 1. The molecule has 0 aromatic heterocycles. The van der Waals surface area contributed by atoms with Crippen LogP contribution in [0.2, 0.25) is 0 Å². The maximum Gasteiger partial charge on any atom is 0.0451 e. The van der Waals surface area contributed by atoms with Crippen molar-refractivity contribution in [2.45, 2.75) is 37.8 Å². The SMILES string of the molecule is Cl.c1cc2c3c(c1)[C@H]1CCC[C@H]1N3CCNC2. The van der Waals surface area contributed by atoms with Gasteiger partial charge >= 0.3 is 0 Å². The van der Waals surface area contributed by atoms with Crippen molar-refractivity contribution >= 4 is 18.1 Å². The van der Waals surface area contributed by atoms with Gasteiger partial charge in [-0.15, -0.1) is 12.4 Å². The first-order chi connectivity index (χ1) is 7.95. The average molecular weight is 251 g/mol. The fourth-order valence-electron chi connectivity index (χ4n) is 3.95. The van der Waals surface area contributed by atoms with Crippen LogP contribution in [0.5, 0.6) is 0 Å². The molecular weight excluding hydrogens is 232 g/mol. The van der Waals surface area contributed by atoms with E-state index in [1.807, 2.05) is 0 Å². The Morgan fingerprint density at radius 2 is 2.18 bits per heavy atom. The minimum atomic E-state index is 0. The second kappa shape index (κ2) is 4.18. The number of halogens is 1. The lowest BCUT2D eigenvalue weighted by Crippen LogP contribution is -2.35. The highest BCUT2D eigenvalue weighted by atomic mass is 35.5. The quantitative estimate of drug-likeness (QED) is 0.762. The largest absolute Gasteiger partial charge is 0.366 e. The van der Waals surface area contributed by atoms with Gasteiger partial charge in [0.2, 0.25) is 0 Å². The maximum atomic E-state index is 3.53. The van der Waals surface area contributed by atoms with Crippen LogP contribution in [0.1, 0.15) is 36.3 Å². The zero-order valence-electron chi connectivity index (χ0n) is 9.98. The van der Waals surface area contributed by atoms with E-state index in [-0.39, 0.29) is 12.4 Å². The predicted molar refractivity (Wildman–Crippen MR) is 73.1 cm³/mol. The number of hydrogen-bond acceptors (Lipinski definition) is 2. The van der Waals surface area contributed by atoms with Crippen molar-refractivity contribution in [3.63, 3.8) is 0 Å². The first-order valence-electron chi connectivity index (χ1n) is 6.54. The van der Waals surface area contributed by atoms with Gasteiger partial charge in [0.15, 0.2) is 0 Å². The van der Waals surface area contributed by atoms with Gasteiger partial charge in [0.1, 0.15) is 0 Å². The number of para-hydroxylation sites is 1. The van der Waals surface area contributed by atoms with Crippen LogP contribution in [-0.2, 0) is 6.54 Å². The van der Waals surface area contributed by atoms with Crippen LogP contribution in [-0.4, -0.2) is 19.1 Å². The number of hydrogen-bond donors (Lipinski definition) is 1. The van der Waals surface area contributed by atoms with E-state index in [2.05, 4.69) is 28.4 Å². The number of nitrogens with zero attached hydrogens (tertiary/aromatic N) is 1. The van der Waals surface area contributed by atoms with E-state index in [9.17, 15) is 0 Å². The lowest BCUT2D eigenvalue weighted by atomic mass is 9.96. The van der Waals surface area contributed by atoms with Crippen LogP contribution < -0.4 is 10.2 Å².